The first-order valence-corrected chi connectivity index (χ1v) is 25.4. The molecule has 17 heteroatoms. The van der Waals surface area contributed by atoms with Gasteiger partial charge >= 0.3 is 0 Å². The Balaban J connectivity index is 0.938. The molecule has 8 rings (SSSR count). The molecule has 2 aromatic carbocycles. The fraction of sp³-hybridized carbons (Fsp3) is 0.647. The Morgan fingerprint density at radius 3 is 1.54 bits per heavy atom. The van der Waals surface area contributed by atoms with E-state index in [1.165, 1.54) is 0 Å². The summed E-state index contributed by atoms with van der Waals surface area (Å²) < 4.78 is 11.2. The van der Waals surface area contributed by atoms with Crippen LogP contribution >= 0.6 is 0 Å². The monoisotopic (exact) mass is 940 g/mol. The van der Waals surface area contributed by atoms with Gasteiger partial charge in [-0.2, -0.15) is 0 Å². The van der Waals surface area contributed by atoms with Crippen molar-refractivity contribution in [1.29, 1.82) is 0 Å². The topological polar surface area (TPSA) is 212 Å². The molecule has 2 aromatic rings. The molecule has 0 spiro atoms. The summed E-state index contributed by atoms with van der Waals surface area (Å²) in [6, 6.07) is 8.80. The molecule has 4 saturated heterocycles. The maximum atomic E-state index is 14.3. The fourth-order valence-electron chi connectivity index (χ4n) is 11.5. The molecule has 6 amide bonds. The molecule has 0 bridgehead atoms. The van der Waals surface area contributed by atoms with Gasteiger partial charge in [-0.05, 0) is 157 Å². The molecule has 7 N–H and O–H groups in total. The van der Waals surface area contributed by atoms with Gasteiger partial charge in [0.2, 0.25) is 35.4 Å². The van der Waals surface area contributed by atoms with Gasteiger partial charge < -0.3 is 56.5 Å². The number of ether oxygens (including phenoxy) is 2. The molecular weight excluding hydrogens is 867 g/mol. The van der Waals surface area contributed by atoms with Gasteiger partial charge in [0, 0.05) is 50.9 Å². The van der Waals surface area contributed by atoms with Gasteiger partial charge in [-0.15, -0.1) is 0 Å². The minimum Gasteiger partial charge on any atom is -0.381 e. The Morgan fingerprint density at radius 1 is 0.618 bits per heavy atom. The zero-order valence-electron chi connectivity index (χ0n) is 40.2. The van der Waals surface area contributed by atoms with Crippen molar-refractivity contribution < 1.29 is 38.2 Å². The van der Waals surface area contributed by atoms with E-state index < -0.39 is 30.2 Å². The third-order valence-electron chi connectivity index (χ3n) is 15.4. The van der Waals surface area contributed by atoms with E-state index in [0.717, 1.165) is 72.2 Å². The number of amides is 6. The van der Waals surface area contributed by atoms with Crippen LogP contribution in [0.4, 0.5) is 11.4 Å². The Hall–Kier alpha value is -5.10. The quantitative estimate of drug-likeness (QED) is 0.130. The average molecular weight is 940 g/mol. The van der Waals surface area contributed by atoms with Crippen LogP contribution < -0.4 is 37.2 Å². The molecule has 2 aliphatic carbocycles. The Labute approximate surface area is 400 Å². The maximum absolute atomic E-state index is 14.3. The number of likely N-dealkylation sites (N-methyl/N-ethyl adjacent to an activating group) is 2. The number of hydrogen-bond donors (Lipinski definition) is 7. The van der Waals surface area contributed by atoms with Crippen molar-refractivity contribution in [2.24, 2.45) is 11.8 Å². The van der Waals surface area contributed by atoms with Gasteiger partial charge in [-0.1, -0.05) is 24.3 Å². The van der Waals surface area contributed by atoms with Crippen molar-refractivity contribution in [1.82, 2.24) is 41.7 Å². The summed E-state index contributed by atoms with van der Waals surface area (Å²) in [7, 11) is 3.41. The van der Waals surface area contributed by atoms with Crippen molar-refractivity contribution in [3.8, 4) is 0 Å². The van der Waals surface area contributed by atoms with Gasteiger partial charge in [0.05, 0.1) is 24.7 Å². The average Bonchev–Trinajstić information content (AvgIpc) is 4.07. The first kappa shape index (κ1) is 49.3. The van der Waals surface area contributed by atoms with Crippen LogP contribution in [0, 0.1) is 11.8 Å². The van der Waals surface area contributed by atoms with E-state index in [4.69, 9.17) is 9.47 Å². The van der Waals surface area contributed by atoms with Crippen molar-refractivity contribution in [3.05, 3.63) is 58.7 Å². The fourth-order valence-corrected chi connectivity index (χ4v) is 11.5. The molecule has 17 nitrogen and oxygen atoms in total. The summed E-state index contributed by atoms with van der Waals surface area (Å²) >= 11 is 0. The molecule has 370 valence electrons. The minimum absolute atomic E-state index is 0.0619. The summed E-state index contributed by atoms with van der Waals surface area (Å²) in [6.07, 6.45) is 10.2. The largest absolute Gasteiger partial charge is 0.381 e. The van der Waals surface area contributed by atoms with Crippen LogP contribution in [-0.4, -0.2) is 136 Å². The minimum atomic E-state index is -0.728. The molecule has 4 fully saturated rings. The van der Waals surface area contributed by atoms with Gasteiger partial charge in [0.25, 0.3) is 0 Å². The lowest BCUT2D eigenvalue weighted by molar-refractivity contribution is -0.144. The third kappa shape index (κ3) is 11.2. The smallest absolute Gasteiger partial charge is 0.246 e. The number of likely N-dealkylation sites (tertiary alicyclic amines) is 2. The summed E-state index contributed by atoms with van der Waals surface area (Å²) in [5.74, 6) is -1.36. The first-order valence-electron chi connectivity index (χ1n) is 25.4. The molecular formula is C51H73N9O8. The van der Waals surface area contributed by atoms with Crippen LogP contribution in [0.2, 0.25) is 0 Å². The maximum Gasteiger partial charge on any atom is 0.246 e. The number of fused-ring (bicyclic) bond motifs is 2. The zero-order chi connectivity index (χ0) is 47.7. The summed E-state index contributed by atoms with van der Waals surface area (Å²) in [4.78, 5) is 86.2. The van der Waals surface area contributed by atoms with E-state index in [9.17, 15) is 28.8 Å². The van der Waals surface area contributed by atoms with Crippen molar-refractivity contribution in [2.45, 2.75) is 139 Å². The standard InChI is InChI=1S/C51H73N9O8/c1-31(53-3)47(62)58-46(33-22-28-68-29-23-33)51(66)60-25-9-19-43(60)49(64)56-41-17-7-11-35-37(41)13-5-15-39(35)54-38-14-4-12-36-34(38)10-6-16-40(36)55-48(63)42-18-8-24-59(42)50(65)45(57-44(61)30-52-2)32-20-26-67-27-21-32/h4-5,12-15,31-33,40-43,45-46,52-54H,6-11,16-30H2,1-3H3,(H,55,63)(H,56,64)(H,57,61)(H,58,62)/t31-,40+,41+,42-,43-,45?,46-/m0/s1. The Kier molecular flexibility index (Phi) is 16.7. The number of nitrogens with one attached hydrogen (secondary N) is 7. The number of anilines is 2. The second-order valence-electron chi connectivity index (χ2n) is 19.6. The SMILES string of the molecule is CNCC(=O)NC(C(=O)N1CCC[C@H]1C(=O)N[C@@H]1CCCc2c(Nc3cccc4c3CCC[C@H]4NC(=O)[C@@H]3CCCN3C(=O)[C@@H](NC(=O)[C@H](C)NC)C3CCOCC3)cccc21)C1CCOCC1. The number of carbonyl (C=O) groups excluding carboxylic acids is 6. The van der Waals surface area contributed by atoms with Gasteiger partial charge in [0.15, 0.2) is 0 Å². The van der Waals surface area contributed by atoms with Gasteiger partial charge in [-0.25, -0.2) is 0 Å². The Morgan fingerprint density at radius 2 is 1.09 bits per heavy atom. The summed E-state index contributed by atoms with van der Waals surface area (Å²) in [5.41, 5.74) is 6.37. The number of rotatable bonds is 16. The van der Waals surface area contributed by atoms with E-state index in [0.29, 0.717) is 90.9 Å². The summed E-state index contributed by atoms with van der Waals surface area (Å²) in [6.45, 7) is 4.92. The van der Waals surface area contributed by atoms with Gasteiger partial charge in [0.1, 0.15) is 24.2 Å². The number of nitrogens with zero attached hydrogens (tertiary/aromatic N) is 2. The van der Waals surface area contributed by atoms with E-state index in [1.54, 1.807) is 30.8 Å². The molecule has 1 unspecified atom stereocenters. The number of hydrogen-bond acceptors (Lipinski definition) is 11. The summed E-state index contributed by atoms with van der Waals surface area (Å²) in [5, 5.41) is 22.3. The molecule has 0 radical (unpaired) electrons. The van der Waals surface area contributed by atoms with Crippen LogP contribution in [0.15, 0.2) is 36.4 Å². The highest BCUT2D eigenvalue weighted by Gasteiger charge is 2.44. The van der Waals surface area contributed by atoms with Crippen LogP contribution in [0.5, 0.6) is 0 Å². The van der Waals surface area contributed by atoms with Crippen LogP contribution in [0.1, 0.15) is 118 Å². The predicted octanol–water partition coefficient (Wildman–Crippen LogP) is 3.05. The lowest BCUT2D eigenvalue weighted by atomic mass is 9.85. The van der Waals surface area contributed by atoms with E-state index >= 15 is 0 Å². The van der Waals surface area contributed by atoms with Crippen LogP contribution in [0.25, 0.3) is 0 Å². The van der Waals surface area contributed by atoms with Gasteiger partial charge in [-0.3, -0.25) is 28.8 Å². The third-order valence-corrected chi connectivity index (χ3v) is 15.4. The van der Waals surface area contributed by atoms with Crippen molar-refractivity contribution in [2.75, 3.05) is 65.5 Å². The van der Waals surface area contributed by atoms with Crippen LogP contribution in [0.3, 0.4) is 0 Å². The van der Waals surface area contributed by atoms with E-state index in [1.807, 2.05) is 12.1 Å². The highest BCUT2D eigenvalue weighted by molar-refractivity contribution is 5.95. The molecule has 0 aromatic heterocycles. The molecule has 0 saturated carbocycles. The second-order valence-corrected chi connectivity index (χ2v) is 19.6. The van der Waals surface area contributed by atoms with E-state index in [2.05, 4.69) is 61.5 Å². The lowest BCUT2D eigenvalue weighted by Gasteiger charge is -2.36. The zero-order valence-corrected chi connectivity index (χ0v) is 40.2. The molecule has 6 aliphatic rings. The number of benzene rings is 2. The van der Waals surface area contributed by atoms with Crippen LogP contribution in [-0.2, 0) is 51.1 Å². The molecule has 68 heavy (non-hydrogen) atoms. The number of carbonyl (C=O) groups is 6. The molecule has 7 atom stereocenters. The molecule has 4 aliphatic heterocycles. The molecule has 4 heterocycles. The predicted molar refractivity (Wildman–Crippen MR) is 257 cm³/mol. The Bertz CT molecular complexity index is 2140. The first-order chi connectivity index (χ1) is 33.1. The highest BCUT2D eigenvalue weighted by Crippen LogP contribution is 2.40. The lowest BCUT2D eigenvalue weighted by Crippen LogP contribution is -2.58. The van der Waals surface area contributed by atoms with Crippen molar-refractivity contribution >= 4 is 46.8 Å². The second kappa shape index (κ2) is 23.0. The normalized spacial score (nSPS) is 24.5. The van der Waals surface area contributed by atoms with Crippen molar-refractivity contribution in [3.63, 3.8) is 0 Å². The highest BCUT2D eigenvalue weighted by atomic mass is 16.5. The van der Waals surface area contributed by atoms with E-state index in [-0.39, 0.29) is 65.9 Å².